The third-order valence-electron chi connectivity index (χ3n) is 3.62. The zero-order chi connectivity index (χ0) is 14.8. The van der Waals surface area contributed by atoms with E-state index in [1.54, 1.807) is 22.9 Å². The van der Waals surface area contributed by atoms with Crippen molar-refractivity contribution in [2.45, 2.75) is 6.92 Å². The van der Waals surface area contributed by atoms with Crippen LogP contribution in [0, 0.1) is 0 Å². The first-order chi connectivity index (χ1) is 10.1. The molecule has 3 amide bonds. The molecule has 2 heterocycles. The average Bonchev–Trinajstić information content (AvgIpc) is 2.95. The van der Waals surface area contributed by atoms with Crippen LogP contribution >= 0.6 is 11.5 Å². The number of piperazine rings is 1. The summed E-state index contributed by atoms with van der Waals surface area (Å²) in [6.45, 7) is 3.87. The van der Waals surface area contributed by atoms with E-state index < -0.39 is 0 Å². The van der Waals surface area contributed by atoms with Gasteiger partial charge < -0.3 is 15.1 Å². The van der Waals surface area contributed by atoms with E-state index in [2.05, 4.69) is 9.69 Å². The molecule has 1 N–H and O–H groups in total. The van der Waals surface area contributed by atoms with Crippen LogP contribution in [-0.2, 0) is 4.79 Å². The summed E-state index contributed by atoms with van der Waals surface area (Å²) in [4.78, 5) is 27.0. The molecule has 0 atom stereocenters. The van der Waals surface area contributed by atoms with E-state index in [1.807, 2.05) is 18.2 Å². The fourth-order valence-electron chi connectivity index (χ4n) is 2.38. The van der Waals surface area contributed by atoms with Gasteiger partial charge in [0.05, 0.1) is 4.70 Å². The van der Waals surface area contributed by atoms with Crippen LogP contribution < -0.4 is 5.32 Å². The van der Waals surface area contributed by atoms with Crippen LogP contribution in [0.1, 0.15) is 6.92 Å². The number of urea groups is 1. The Morgan fingerprint density at radius 3 is 2.62 bits per heavy atom. The zero-order valence-electron chi connectivity index (χ0n) is 11.7. The standard InChI is InChI=1S/C14H16N4O2S/c1-10(19)17-4-6-18(7-5-17)14(20)16-12-2-3-13-11(8-12)9-15-21-13/h2-3,8-9H,4-7H2,1H3,(H,16,20). The minimum Gasteiger partial charge on any atom is -0.339 e. The fourth-order valence-corrected chi connectivity index (χ4v) is 3.00. The lowest BCUT2D eigenvalue weighted by Gasteiger charge is -2.34. The largest absolute Gasteiger partial charge is 0.339 e. The molecule has 0 bridgehead atoms. The van der Waals surface area contributed by atoms with Gasteiger partial charge in [-0.05, 0) is 29.7 Å². The molecule has 7 heteroatoms. The van der Waals surface area contributed by atoms with Gasteiger partial charge in [0.25, 0.3) is 0 Å². The first-order valence-corrected chi connectivity index (χ1v) is 7.57. The third-order valence-corrected chi connectivity index (χ3v) is 4.40. The first kappa shape index (κ1) is 13.8. The van der Waals surface area contributed by atoms with Crippen molar-refractivity contribution in [2.24, 2.45) is 0 Å². The lowest BCUT2D eigenvalue weighted by Crippen LogP contribution is -2.51. The zero-order valence-corrected chi connectivity index (χ0v) is 12.5. The summed E-state index contributed by atoms with van der Waals surface area (Å²) in [5, 5.41) is 3.93. The smallest absolute Gasteiger partial charge is 0.321 e. The molecule has 1 saturated heterocycles. The Hall–Kier alpha value is -2.15. The van der Waals surface area contributed by atoms with Crippen molar-refractivity contribution in [1.29, 1.82) is 0 Å². The molecule has 6 nitrogen and oxygen atoms in total. The lowest BCUT2D eigenvalue weighted by atomic mass is 10.2. The molecule has 0 radical (unpaired) electrons. The molecule has 1 aromatic carbocycles. The topological polar surface area (TPSA) is 65.5 Å². The van der Waals surface area contributed by atoms with Crippen LogP contribution in [-0.4, -0.2) is 52.3 Å². The molecule has 1 aliphatic heterocycles. The highest BCUT2D eigenvalue weighted by Gasteiger charge is 2.22. The van der Waals surface area contributed by atoms with E-state index in [1.165, 1.54) is 11.5 Å². The van der Waals surface area contributed by atoms with Gasteiger partial charge in [-0.1, -0.05) is 0 Å². The number of hydrogen-bond acceptors (Lipinski definition) is 4. The molecular formula is C14H16N4O2S. The van der Waals surface area contributed by atoms with Gasteiger partial charge in [0.15, 0.2) is 0 Å². The van der Waals surface area contributed by atoms with Crippen LogP contribution in [0.2, 0.25) is 0 Å². The van der Waals surface area contributed by atoms with Crippen LogP contribution in [0.4, 0.5) is 10.5 Å². The molecule has 1 fully saturated rings. The molecule has 1 aromatic heterocycles. The Bertz CT molecular complexity index is 676. The molecule has 0 spiro atoms. The molecule has 0 aliphatic carbocycles. The highest BCUT2D eigenvalue weighted by Crippen LogP contribution is 2.22. The fraction of sp³-hybridized carbons (Fsp3) is 0.357. The Labute approximate surface area is 126 Å². The van der Waals surface area contributed by atoms with Crippen molar-refractivity contribution in [3.05, 3.63) is 24.4 Å². The Morgan fingerprint density at radius 2 is 1.90 bits per heavy atom. The number of fused-ring (bicyclic) bond motifs is 1. The van der Waals surface area contributed by atoms with E-state index in [-0.39, 0.29) is 11.9 Å². The van der Waals surface area contributed by atoms with E-state index in [9.17, 15) is 9.59 Å². The number of carbonyl (C=O) groups is 2. The van der Waals surface area contributed by atoms with Gasteiger partial charge in [-0.15, -0.1) is 0 Å². The maximum Gasteiger partial charge on any atom is 0.321 e. The van der Waals surface area contributed by atoms with Crippen LogP contribution in [0.15, 0.2) is 24.4 Å². The van der Waals surface area contributed by atoms with Crippen LogP contribution in [0.25, 0.3) is 10.1 Å². The number of nitrogens with zero attached hydrogens (tertiary/aromatic N) is 3. The number of carbonyl (C=O) groups excluding carboxylic acids is 2. The summed E-state index contributed by atoms with van der Waals surface area (Å²) >= 11 is 1.44. The second-order valence-corrected chi connectivity index (χ2v) is 5.83. The summed E-state index contributed by atoms with van der Waals surface area (Å²) < 4.78 is 5.22. The molecular weight excluding hydrogens is 288 g/mol. The summed E-state index contributed by atoms with van der Waals surface area (Å²) in [7, 11) is 0. The maximum atomic E-state index is 12.2. The quantitative estimate of drug-likeness (QED) is 0.876. The van der Waals surface area contributed by atoms with Crippen LogP contribution in [0.5, 0.6) is 0 Å². The maximum absolute atomic E-state index is 12.2. The predicted octanol–water partition coefficient (Wildman–Crippen LogP) is 1.99. The van der Waals surface area contributed by atoms with Crippen molar-refractivity contribution in [3.8, 4) is 0 Å². The monoisotopic (exact) mass is 304 g/mol. The highest BCUT2D eigenvalue weighted by molar-refractivity contribution is 7.13. The number of hydrogen-bond donors (Lipinski definition) is 1. The van der Waals surface area contributed by atoms with Gasteiger partial charge in [0, 0.05) is 50.4 Å². The molecule has 3 rings (SSSR count). The molecule has 0 saturated carbocycles. The van der Waals surface area contributed by atoms with E-state index in [4.69, 9.17) is 0 Å². The minimum absolute atomic E-state index is 0.0606. The second kappa shape index (κ2) is 5.69. The van der Waals surface area contributed by atoms with Crippen molar-refractivity contribution in [3.63, 3.8) is 0 Å². The number of amides is 3. The van der Waals surface area contributed by atoms with Crippen molar-refractivity contribution in [2.75, 3.05) is 31.5 Å². The van der Waals surface area contributed by atoms with E-state index in [0.29, 0.717) is 26.2 Å². The molecule has 0 unspecified atom stereocenters. The SMILES string of the molecule is CC(=O)N1CCN(C(=O)Nc2ccc3sncc3c2)CC1. The highest BCUT2D eigenvalue weighted by atomic mass is 32.1. The number of rotatable bonds is 1. The minimum atomic E-state index is -0.124. The first-order valence-electron chi connectivity index (χ1n) is 6.79. The Kier molecular flexibility index (Phi) is 3.74. The summed E-state index contributed by atoms with van der Waals surface area (Å²) in [6.07, 6.45) is 1.79. The number of aromatic nitrogens is 1. The van der Waals surface area contributed by atoms with Gasteiger partial charge in [0.1, 0.15) is 0 Å². The molecule has 110 valence electrons. The molecule has 21 heavy (non-hydrogen) atoms. The summed E-state index contributed by atoms with van der Waals surface area (Å²) in [6, 6.07) is 5.63. The Balaban J connectivity index is 1.62. The number of anilines is 1. The summed E-state index contributed by atoms with van der Waals surface area (Å²) in [5.41, 5.74) is 0.765. The average molecular weight is 304 g/mol. The van der Waals surface area contributed by atoms with Crippen LogP contribution in [0.3, 0.4) is 0 Å². The van der Waals surface area contributed by atoms with Gasteiger partial charge in [-0.25, -0.2) is 4.79 Å². The van der Waals surface area contributed by atoms with Crippen molar-refractivity contribution in [1.82, 2.24) is 14.2 Å². The number of nitrogens with one attached hydrogen (secondary N) is 1. The van der Waals surface area contributed by atoms with E-state index in [0.717, 1.165) is 15.8 Å². The number of benzene rings is 1. The third kappa shape index (κ3) is 2.97. The normalized spacial score (nSPS) is 15.3. The predicted molar refractivity (Wildman–Crippen MR) is 82.5 cm³/mol. The van der Waals surface area contributed by atoms with Crippen molar-refractivity contribution < 1.29 is 9.59 Å². The van der Waals surface area contributed by atoms with Gasteiger partial charge in [-0.3, -0.25) is 4.79 Å². The van der Waals surface area contributed by atoms with Gasteiger partial charge in [0.2, 0.25) is 5.91 Å². The molecule has 1 aliphatic rings. The van der Waals surface area contributed by atoms with Crippen molar-refractivity contribution >= 4 is 39.2 Å². The second-order valence-electron chi connectivity index (χ2n) is 5.00. The Morgan fingerprint density at radius 1 is 1.19 bits per heavy atom. The van der Waals surface area contributed by atoms with Gasteiger partial charge in [-0.2, -0.15) is 4.37 Å². The lowest BCUT2D eigenvalue weighted by molar-refractivity contribution is -0.130. The summed E-state index contributed by atoms with van der Waals surface area (Å²) in [5.74, 6) is 0.0606. The molecule has 2 aromatic rings. The van der Waals surface area contributed by atoms with E-state index >= 15 is 0 Å². The van der Waals surface area contributed by atoms with Gasteiger partial charge >= 0.3 is 6.03 Å².